The molecule has 0 saturated carbocycles. The van der Waals surface area contributed by atoms with E-state index in [1.807, 2.05) is 6.07 Å². The highest BCUT2D eigenvalue weighted by atomic mass is 16.5. The predicted octanol–water partition coefficient (Wildman–Crippen LogP) is 3.42. The van der Waals surface area contributed by atoms with Gasteiger partial charge in [0.25, 0.3) is 0 Å². The summed E-state index contributed by atoms with van der Waals surface area (Å²) in [5.74, 6) is 1.76. The van der Waals surface area contributed by atoms with Crippen LogP contribution in [0.25, 0.3) is 0 Å². The molecule has 21 heavy (non-hydrogen) atoms. The van der Waals surface area contributed by atoms with Gasteiger partial charge < -0.3 is 9.64 Å². The summed E-state index contributed by atoms with van der Waals surface area (Å²) < 4.78 is 5.34. The van der Waals surface area contributed by atoms with Crippen molar-refractivity contribution >= 4 is 0 Å². The lowest BCUT2D eigenvalue weighted by atomic mass is 10.1. The first-order chi connectivity index (χ1) is 10.1. The molecule has 2 rings (SSSR count). The molecule has 1 saturated heterocycles. The van der Waals surface area contributed by atoms with Crippen LogP contribution in [-0.4, -0.2) is 49.6 Å². The van der Waals surface area contributed by atoms with Crippen LogP contribution in [-0.2, 0) is 0 Å². The van der Waals surface area contributed by atoms with Gasteiger partial charge in [-0.05, 0) is 43.5 Å². The van der Waals surface area contributed by atoms with Crippen molar-refractivity contribution in [3.63, 3.8) is 0 Å². The molecule has 0 spiro atoms. The molecule has 3 heteroatoms. The van der Waals surface area contributed by atoms with E-state index in [2.05, 4.69) is 48.8 Å². The quantitative estimate of drug-likeness (QED) is 0.798. The second kappa shape index (κ2) is 7.81. The third kappa shape index (κ3) is 4.72. The summed E-state index contributed by atoms with van der Waals surface area (Å²) >= 11 is 0. The monoisotopic (exact) mass is 290 g/mol. The van der Waals surface area contributed by atoms with Crippen LogP contribution in [0.1, 0.15) is 38.8 Å². The van der Waals surface area contributed by atoms with Gasteiger partial charge in [-0.15, -0.1) is 0 Å². The Bertz CT molecular complexity index is 425. The number of nitrogens with zero attached hydrogens (tertiary/aromatic N) is 2. The third-order valence-electron chi connectivity index (χ3n) is 4.55. The van der Waals surface area contributed by atoms with Crippen LogP contribution < -0.4 is 4.74 Å². The highest BCUT2D eigenvalue weighted by Crippen LogP contribution is 2.24. The molecule has 1 aliphatic heterocycles. The van der Waals surface area contributed by atoms with Crippen molar-refractivity contribution in [3.05, 3.63) is 29.8 Å². The topological polar surface area (TPSA) is 15.7 Å². The number of benzene rings is 1. The Hall–Kier alpha value is -1.06. The Labute approximate surface area is 129 Å². The molecule has 3 nitrogen and oxygen atoms in total. The molecule has 1 heterocycles. The highest BCUT2D eigenvalue weighted by molar-refractivity contribution is 5.30. The fraction of sp³-hybridized carbons (Fsp3) is 0.667. The van der Waals surface area contributed by atoms with Gasteiger partial charge in [-0.2, -0.15) is 0 Å². The molecule has 1 aliphatic rings. The van der Waals surface area contributed by atoms with Crippen molar-refractivity contribution in [3.8, 4) is 5.75 Å². The average molecular weight is 290 g/mol. The van der Waals surface area contributed by atoms with Crippen LogP contribution in [0.15, 0.2) is 24.3 Å². The maximum absolute atomic E-state index is 5.34. The first kappa shape index (κ1) is 16.3. The smallest absolute Gasteiger partial charge is 0.119 e. The maximum Gasteiger partial charge on any atom is 0.119 e. The first-order valence-electron chi connectivity index (χ1n) is 8.20. The second-order valence-electron chi connectivity index (χ2n) is 6.51. The van der Waals surface area contributed by atoms with Gasteiger partial charge in [-0.1, -0.05) is 26.0 Å². The Morgan fingerprint density at radius 3 is 2.43 bits per heavy atom. The van der Waals surface area contributed by atoms with E-state index in [9.17, 15) is 0 Å². The summed E-state index contributed by atoms with van der Waals surface area (Å²) in [4.78, 5) is 5.19. The van der Waals surface area contributed by atoms with Crippen molar-refractivity contribution in [2.75, 3.05) is 39.8 Å². The lowest BCUT2D eigenvalue weighted by Gasteiger charge is -2.38. The van der Waals surface area contributed by atoms with Crippen LogP contribution >= 0.6 is 0 Å². The maximum atomic E-state index is 5.34. The number of methoxy groups -OCH3 is 1. The molecule has 1 unspecified atom stereocenters. The molecule has 1 aromatic carbocycles. The Morgan fingerprint density at radius 1 is 1.10 bits per heavy atom. The fourth-order valence-electron chi connectivity index (χ4n) is 2.93. The zero-order valence-corrected chi connectivity index (χ0v) is 14.0. The van der Waals surface area contributed by atoms with E-state index in [1.54, 1.807) is 7.11 Å². The number of rotatable bonds is 6. The second-order valence-corrected chi connectivity index (χ2v) is 6.51. The van der Waals surface area contributed by atoms with Crippen LogP contribution in [0.2, 0.25) is 0 Å². The minimum absolute atomic E-state index is 0.465. The predicted molar refractivity (Wildman–Crippen MR) is 88.9 cm³/mol. The molecule has 0 bridgehead atoms. The molecule has 0 amide bonds. The molecule has 1 fully saturated rings. The number of ether oxygens (including phenoxy) is 1. The molecular weight excluding hydrogens is 260 g/mol. The summed E-state index contributed by atoms with van der Waals surface area (Å²) in [5, 5.41) is 0. The van der Waals surface area contributed by atoms with Gasteiger partial charge >= 0.3 is 0 Å². The minimum Gasteiger partial charge on any atom is -0.497 e. The van der Waals surface area contributed by atoms with Gasteiger partial charge in [0.15, 0.2) is 0 Å². The van der Waals surface area contributed by atoms with E-state index in [0.717, 1.165) is 24.8 Å². The van der Waals surface area contributed by atoms with Gasteiger partial charge in [0.05, 0.1) is 7.11 Å². The number of hydrogen-bond acceptors (Lipinski definition) is 3. The third-order valence-corrected chi connectivity index (χ3v) is 4.55. The summed E-state index contributed by atoms with van der Waals surface area (Å²) in [6, 6.07) is 8.94. The van der Waals surface area contributed by atoms with E-state index >= 15 is 0 Å². The molecule has 1 atom stereocenters. The Morgan fingerprint density at radius 2 is 1.81 bits per heavy atom. The van der Waals surface area contributed by atoms with Crippen molar-refractivity contribution in [1.82, 2.24) is 9.80 Å². The molecule has 0 aliphatic carbocycles. The van der Waals surface area contributed by atoms with Crippen molar-refractivity contribution < 1.29 is 4.74 Å². The van der Waals surface area contributed by atoms with E-state index in [-0.39, 0.29) is 0 Å². The fourth-order valence-corrected chi connectivity index (χ4v) is 2.93. The summed E-state index contributed by atoms with van der Waals surface area (Å²) in [6.45, 7) is 12.9. The molecule has 0 aromatic heterocycles. The molecule has 0 N–H and O–H groups in total. The average Bonchev–Trinajstić information content (AvgIpc) is 2.52. The number of piperazine rings is 1. The Balaban J connectivity index is 1.86. The van der Waals surface area contributed by atoms with E-state index in [0.29, 0.717) is 6.04 Å². The first-order valence-corrected chi connectivity index (χ1v) is 8.20. The van der Waals surface area contributed by atoms with E-state index in [4.69, 9.17) is 4.74 Å². The SMILES string of the molecule is COc1cccc(C(C)N2CCN(CCC(C)C)CC2)c1. The van der Waals surface area contributed by atoms with Gasteiger partial charge in [0.1, 0.15) is 5.75 Å². The Kier molecular flexibility index (Phi) is 6.07. The van der Waals surface area contributed by atoms with Crippen LogP contribution in [0, 0.1) is 5.92 Å². The normalized spacial score (nSPS) is 18.9. The number of hydrogen-bond donors (Lipinski definition) is 0. The molecular formula is C18H30N2O. The highest BCUT2D eigenvalue weighted by Gasteiger charge is 2.22. The standard InChI is InChI=1S/C18H30N2O/c1-15(2)8-9-19-10-12-20(13-11-19)16(3)17-6-5-7-18(14-17)21-4/h5-7,14-16H,8-13H2,1-4H3. The van der Waals surface area contributed by atoms with E-state index in [1.165, 1.54) is 31.6 Å². The molecule has 0 radical (unpaired) electrons. The van der Waals surface area contributed by atoms with Gasteiger partial charge in [-0.3, -0.25) is 4.90 Å². The summed E-state index contributed by atoms with van der Waals surface area (Å²) in [6.07, 6.45) is 1.31. The minimum atomic E-state index is 0.465. The molecule has 118 valence electrons. The lowest BCUT2D eigenvalue weighted by molar-refractivity contribution is 0.0991. The van der Waals surface area contributed by atoms with Gasteiger partial charge in [0, 0.05) is 32.2 Å². The van der Waals surface area contributed by atoms with Crippen molar-refractivity contribution in [2.45, 2.75) is 33.2 Å². The zero-order valence-electron chi connectivity index (χ0n) is 14.0. The summed E-state index contributed by atoms with van der Waals surface area (Å²) in [5.41, 5.74) is 1.35. The van der Waals surface area contributed by atoms with Crippen LogP contribution in [0.3, 0.4) is 0 Å². The van der Waals surface area contributed by atoms with Crippen LogP contribution in [0.5, 0.6) is 5.75 Å². The van der Waals surface area contributed by atoms with Crippen molar-refractivity contribution in [2.24, 2.45) is 5.92 Å². The van der Waals surface area contributed by atoms with Crippen molar-refractivity contribution in [1.29, 1.82) is 0 Å². The lowest BCUT2D eigenvalue weighted by Crippen LogP contribution is -2.47. The molecule has 1 aromatic rings. The largest absolute Gasteiger partial charge is 0.497 e. The summed E-state index contributed by atoms with van der Waals surface area (Å²) in [7, 11) is 1.73. The van der Waals surface area contributed by atoms with Crippen LogP contribution in [0.4, 0.5) is 0 Å². The van der Waals surface area contributed by atoms with Gasteiger partial charge in [-0.25, -0.2) is 0 Å². The van der Waals surface area contributed by atoms with E-state index < -0.39 is 0 Å². The zero-order chi connectivity index (χ0) is 15.2. The van der Waals surface area contributed by atoms with Gasteiger partial charge in [0.2, 0.25) is 0 Å².